The monoisotopic (exact) mass is 290 g/mol. The molecule has 4 nitrogen and oxygen atoms in total. The molecule has 0 aromatic heterocycles. The van der Waals surface area contributed by atoms with E-state index >= 15 is 0 Å². The summed E-state index contributed by atoms with van der Waals surface area (Å²) >= 11 is 0. The maximum atomic E-state index is 12.2. The van der Waals surface area contributed by atoms with E-state index in [1.807, 2.05) is 11.9 Å². The van der Waals surface area contributed by atoms with Crippen LogP contribution in [-0.2, 0) is 9.53 Å². The molecule has 112 valence electrons. The van der Waals surface area contributed by atoms with Crippen LogP contribution in [0.4, 0.5) is 0 Å². The van der Waals surface area contributed by atoms with Gasteiger partial charge < -0.3 is 15.0 Å². The third-order valence-electron chi connectivity index (χ3n) is 4.20. The van der Waals surface area contributed by atoms with E-state index in [0.29, 0.717) is 0 Å². The van der Waals surface area contributed by atoms with Crippen molar-refractivity contribution in [3.63, 3.8) is 0 Å². The first-order chi connectivity index (χ1) is 8.77. The summed E-state index contributed by atoms with van der Waals surface area (Å²) in [5, 5.41) is 3.33. The lowest BCUT2D eigenvalue weighted by atomic mass is 9.96. The number of nitrogens with one attached hydrogen (secondary N) is 1. The predicted molar refractivity (Wildman–Crippen MR) is 78.7 cm³/mol. The van der Waals surface area contributed by atoms with Gasteiger partial charge in [-0.3, -0.25) is 4.79 Å². The molecule has 5 heteroatoms. The molecule has 2 aliphatic rings. The van der Waals surface area contributed by atoms with Gasteiger partial charge in [-0.15, -0.1) is 12.4 Å². The molecule has 2 heterocycles. The van der Waals surface area contributed by atoms with Gasteiger partial charge in [0.2, 0.25) is 5.91 Å². The summed E-state index contributed by atoms with van der Waals surface area (Å²) in [5.74, 6) is 1.02. The van der Waals surface area contributed by atoms with E-state index in [1.165, 1.54) is 12.8 Å². The molecule has 1 N–H and O–H groups in total. The van der Waals surface area contributed by atoms with Gasteiger partial charge in [-0.2, -0.15) is 0 Å². The van der Waals surface area contributed by atoms with E-state index in [2.05, 4.69) is 5.32 Å². The molecule has 0 radical (unpaired) electrons. The van der Waals surface area contributed by atoms with Gasteiger partial charge in [0.15, 0.2) is 0 Å². The van der Waals surface area contributed by atoms with Crippen molar-refractivity contribution < 1.29 is 9.53 Å². The first kappa shape index (κ1) is 16.7. The summed E-state index contributed by atoms with van der Waals surface area (Å²) in [4.78, 5) is 14.1. The third kappa shape index (κ3) is 5.28. The molecule has 0 aromatic carbocycles. The van der Waals surface area contributed by atoms with Crippen LogP contribution in [0.15, 0.2) is 0 Å². The van der Waals surface area contributed by atoms with Crippen LogP contribution in [0.2, 0.25) is 0 Å². The fourth-order valence-electron chi connectivity index (χ4n) is 2.85. The number of piperidine rings is 1. The van der Waals surface area contributed by atoms with Crippen molar-refractivity contribution >= 4 is 18.3 Å². The van der Waals surface area contributed by atoms with Crippen LogP contribution in [0.25, 0.3) is 0 Å². The first-order valence-corrected chi connectivity index (χ1v) is 7.33. The fourth-order valence-corrected chi connectivity index (χ4v) is 2.85. The summed E-state index contributed by atoms with van der Waals surface area (Å²) < 4.78 is 5.36. The first-order valence-electron chi connectivity index (χ1n) is 7.33. The quantitative estimate of drug-likeness (QED) is 0.859. The molecule has 2 rings (SSSR count). The summed E-state index contributed by atoms with van der Waals surface area (Å²) in [6, 6.07) is 0.0680. The molecule has 19 heavy (non-hydrogen) atoms. The lowest BCUT2D eigenvalue weighted by molar-refractivity contribution is -0.132. The van der Waals surface area contributed by atoms with Crippen molar-refractivity contribution in [2.45, 2.75) is 44.6 Å². The molecule has 0 spiro atoms. The molecule has 1 atom stereocenters. The zero-order valence-electron chi connectivity index (χ0n) is 11.9. The van der Waals surface area contributed by atoms with Gasteiger partial charge in [0, 0.05) is 26.8 Å². The molecule has 0 aliphatic carbocycles. The average molecular weight is 291 g/mol. The average Bonchev–Trinajstić information content (AvgIpc) is 2.46. The van der Waals surface area contributed by atoms with E-state index in [9.17, 15) is 4.79 Å². The Morgan fingerprint density at radius 1 is 1.26 bits per heavy atom. The van der Waals surface area contributed by atoms with Crippen molar-refractivity contribution in [3.05, 3.63) is 0 Å². The van der Waals surface area contributed by atoms with Crippen LogP contribution < -0.4 is 5.32 Å². The van der Waals surface area contributed by atoms with Crippen molar-refractivity contribution in [1.29, 1.82) is 0 Å². The van der Waals surface area contributed by atoms with E-state index in [1.54, 1.807) is 0 Å². The summed E-state index contributed by atoms with van der Waals surface area (Å²) in [6.45, 7) is 3.67. The highest BCUT2D eigenvalue weighted by molar-refractivity contribution is 5.85. The Morgan fingerprint density at radius 3 is 2.63 bits per heavy atom. The molecule has 0 aromatic rings. The van der Waals surface area contributed by atoms with Crippen molar-refractivity contribution in [2.75, 3.05) is 33.4 Å². The Bertz CT molecular complexity index is 264. The van der Waals surface area contributed by atoms with Gasteiger partial charge in [0.25, 0.3) is 0 Å². The zero-order valence-corrected chi connectivity index (χ0v) is 12.7. The van der Waals surface area contributed by atoms with Gasteiger partial charge in [-0.05, 0) is 44.6 Å². The van der Waals surface area contributed by atoms with Crippen molar-refractivity contribution in [3.8, 4) is 0 Å². The molecule has 2 fully saturated rings. The predicted octanol–water partition coefficient (Wildman–Crippen LogP) is 1.83. The Morgan fingerprint density at radius 2 is 2.00 bits per heavy atom. The molecule has 1 unspecified atom stereocenters. The Balaban J connectivity index is 0.00000180. The summed E-state index contributed by atoms with van der Waals surface area (Å²) in [6.07, 6.45) is 6.82. The lowest BCUT2D eigenvalue weighted by Crippen LogP contribution is -2.47. The standard InChI is InChI=1S/C14H26N2O2.ClH/c1-16(9-5-12-6-10-18-11-7-12)14(17)13-4-2-3-8-15-13;/h12-13,15H,2-11H2,1H3;1H. The molecular weight excluding hydrogens is 264 g/mol. The number of carbonyl (C=O) groups excluding carboxylic acids is 1. The molecule has 0 bridgehead atoms. The van der Waals surface area contributed by atoms with Gasteiger partial charge in [-0.25, -0.2) is 0 Å². The molecule has 1 amide bonds. The van der Waals surface area contributed by atoms with Crippen LogP contribution in [0.5, 0.6) is 0 Å². The third-order valence-corrected chi connectivity index (χ3v) is 4.20. The van der Waals surface area contributed by atoms with Crippen LogP contribution in [0.3, 0.4) is 0 Å². The normalized spacial score (nSPS) is 24.6. The number of likely N-dealkylation sites (N-methyl/N-ethyl adjacent to an activating group) is 1. The van der Waals surface area contributed by atoms with Gasteiger partial charge in [-0.1, -0.05) is 6.42 Å². The maximum Gasteiger partial charge on any atom is 0.239 e. The minimum Gasteiger partial charge on any atom is -0.381 e. The van der Waals surface area contributed by atoms with E-state index in [4.69, 9.17) is 4.74 Å². The number of carbonyl (C=O) groups is 1. The summed E-state index contributed by atoms with van der Waals surface area (Å²) in [7, 11) is 1.94. The summed E-state index contributed by atoms with van der Waals surface area (Å²) in [5.41, 5.74) is 0. The number of nitrogens with zero attached hydrogens (tertiary/aromatic N) is 1. The zero-order chi connectivity index (χ0) is 12.8. The van der Waals surface area contributed by atoms with Gasteiger partial charge in [0.1, 0.15) is 0 Å². The van der Waals surface area contributed by atoms with Crippen LogP contribution in [0, 0.1) is 5.92 Å². The number of hydrogen-bond acceptors (Lipinski definition) is 3. The Kier molecular flexibility index (Phi) is 7.73. The van der Waals surface area contributed by atoms with Crippen LogP contribution >= 0.6 is 12.4 Å². The molecule has 2 saturated heterocycles. The number of rotatable bonds is 4. The van der Waals surface area contributed by atoms with Crippen molar-refractivity contribution in [2.24, 2.45) is 5.92 Å². The van der Waals surface area contributed by atoms with Gasteiger partial charge >= 0.3 is 0 Å². The number of ether oxygens (including phenoxy) is 1. The maximum absolute atomic E-state index is 12.2. The second-order valence-electron chi connectivity index (χ2n) is 5.61. The van der Waals surface area contributed by atoms with Crippen LogP contribution in [0.1, 0.15) is 38.5 Å². The SMILES string of the molecule is CN(CCC1CCOCC1)C(=O)C1CCCCN1.Cl. The smallest absolute Gasteiger partial charge is 0.239 e. The largest absolute Gasteiger partial charge is 0.381 e. The second kappa shape index (κ2) is 8.77. The van der Waals surface area contributed by atoms with E-state index in [-0.39, 0.29) is 24.4 Å². The van der Waals surface area contributed by atoms with Crippen LogP contribution in [-0.4, -0.2) is 50.2 Å². The molecule has 2 aliphatic heterocycles. The number of halogens is 1. The fraction of sp³-hybridized carbons (Fsp3) is 0.929. The minimum absolute atomic E-state index is 0. The van der Waals surface area contributed by atoms with Gasteiger partial charge in [0.05, 0.1) is 6.04 Å². The highest BCUT2D eigenvalue weighted by Crippen LogP contribution is 2.19. The highest BCUT2D eigenvalue weighted by atomic mass is 35.5. The Labute approximate surface area is 122 Å². The molecular formula is C14H27ClN2O2. The number of amides is 1. The van der Waals surface area contributed by atoms with E-state index < -0.39 is 0 Å². The Hall–Kier alpha value is -0.320. The minimum atomic E-state index is 0. The lowest BCUT2D eigenvalue weighted by Gasteiger charge is -2.29. The second-order valence-corrected chi connectivity index (χ2v) is 5.61. The number of hydrogen-bond donors (Lipinski definition) is 1. The van der Waals surface area contributed by atoms with Crippen molar-refractivity contribution in [1.82, 2.24) is 10.2 Å². The van der Waals surface area contributed by atoms with E-state index in [0.717, 1.165) is 57.9 Å². The molecule has 0 saturated carbocycles. The highest BCUT2D eigenvalue weighted by Gasteiger charge is 2.24. The topological polar surface area (TPSA) is 41.6 Å².